The van der Waals surface area contributed by atoms with Gasteiger partial charge in [0.2, 0.25) is 0 Å². The van der Waals surface area contributed by atoms with Gasteiger partial charge < -0.3 is 9.88 Å². The zero-order valence-corrected chi connectivity index (χ0v) is 14.0. The van der Waals surface area contributed by atoms with Crippen molar-refractivity contribution in [1.82, 2.24) is 9.88 Å². The minimum Gasteiger partial charge on any atom is -0.360 e. The molecule has 3 aromatic rings. The molecule has 0 spiro atoms. The Hall–Kier alpha value is -3.09. The normalized spacial score (nSPS) is 14.5. The summed E-state index contributed by atoms with van der Waals surface area (Å²) in [4.78, 5) is 16.8. The number of amides is 1. The molecular formula is C20H14F4N2O. The predicted molar refractivity (Wildman–Crippen MR) is 93.1 cm³/mol. The summed E-state index contributed by atoms with van der Waals surface area (Å²) < 4.78 is 53.6. The van der Waals surface area contributed by atoms with E-state index < -0.39 is 28.9 Å². The van der Waals surface area contributed by atoms with Gasteiger partial charge in [-0.2, -0.15) is 0 Å². The molecule has 1 aliphatic rings. The number of aromatic amines is 1. The summed E-state index contributed by atoms with van der Waals surface area (Å²) in [6.45, 7) is 0.511. The number of hydrogen-bond acceptors (Lipinski definition) is 1. The van der Waals surface area contributed by atoms with Gasteiger partial charge >= 0.3 is 0 Å². The lowest BCUT2D eigenvalue weighted by Gasteiger charge is -2.26. The molecule has 1 aromatic heterocycles. The minimum absolute atomic E-state index is 0.209. The highest BCUT2D eigenvalue weighted by Gasteiger charge is 2.25. The number of benzene rings is 2. The van der Waals surface area contributed by atoms with Gasteiger partial charge in [0.15, 0.2) is 17.5 Å². The molecule has 4 rings (SSSR count). The third kappa shape index (κ3) is 2.99. The molecule has 2 aromatic carbocycles. The maximum atomic E-state index is 13.9. The van der Waals surface area contributed by atoms with Crippen molar-refractivity contribution in [3.63, 3.8) is 0 Å². The second-order valence-electron chi connectivity index (χ2n) is 6.35. The van der Waals surface area contributed by atoms with Crippen LogP contribution < -0.4 is 0 Å². The number of rotatable bonds is 2. The molecular weight excluding hydrogens is 360 g/mol. The first-order valence-electron chi connectivity index (χ1n) is 8.34. The van der Waals surface area contributed by atoms with Crippen LogP contribution in [0.1, 0.15) is 22.3 Å². The average Bonchev–Trinajstić information content (AvgIpc) is 3.09. The van der Waals surface area contributed by atoms with Crippen LogP contribution in [0.4, 0.5) is 17.6 Å². The van der Waals surface area contributed by atoms with Gasteiger partial charge in [-0.3, -0.25) is 4.79 Å². The zero-order chi connectivity index (χ0) is 19.1. The van der Waals surface area contributed by atoms with Crippen molar-refractivity contribution in [1.29, 1.82) is 0 Å². The minimum atomic E-state index is -1.65. The maximum Gasteiger partial charge on any atom is 0.257 e. The van der Waals surface area contributed by atoms with Gasteiger partial charge in [0.1, 0.15) is 5.82 Å². The fourth-order valence-corrected chi connectivity index (χ4v) is 3.32. The Bertz CT molecular complexity index is 1090. The number of nitrogens with zero attached hydrogens (tertiary/aromatic N) is 1. The van der Waals surface area contributed by atoms with Crippen LogP contribution in [-0.4, -0.2) is 28.9 Å². The Morgan fingerprint density at radius 1 is 1.04 bits per heavy atom. The highest BCUT2D eigenvalue weighted by atomic mass is 19.2. The van der Waals surface area contributed by atoms with Crippen LogP contribution >= 0.6 is 0 Å². The van der Waals surface area contributed by atoms with E-state index in [1.807, 2.05) is 6.08 Å². The van der Waals surface area contributed by atoms with Gasteiger partial charge in [0, 0.05) is 35.8 Å². The molecule has 0 aliphatic carbocycles. The van der Waals surface area contributed by atoms with Crippen molar-refractivity contribution in [2.24, 2.45) is 0 Å². The largest absolute Gasteiger partial charge is 0.360 e. The number of hydrogen-bond donors (Lipinski definition) is 1. The number of carbonyl (C=O) groups is 1. The molecule has 1 amide bonds. The monoisotopic (exact) mass is 374 g/mol. The molecule has 138 valence electrons. The molecule has 27 heavy (non-hydrogen) atoms. The highest BCUT2D eigenvalue weighted by molar-refractivity contribution is 5.96. The third-order valence-corrected chi connectivity index (χ3v) is 4.75. The standard InChI is InChI=1S/C20H14F4N2O/c21-12-1-2-13-15(10-25-17(13)9-12)11-5-7-26(8-6-11)20(27)14-3-4-16(22)19(24)18(14)23/h1-5,9-10,25H,6-8H2. The van der Waals surface area contributed by atoms with E-state index in [9.17, 15) is 22.4 Å². The van der Waals surface area contributed by atoms with E-state index in [1.165, 1.54) is 17.0 Å². The SMILES string of the molecule is O=C(c1ccc(F)c(F)c1F)N1CC=C(c2c[nH]c3cc(F)ccc23)CC1. The number of carbonyl (C=O) groups excluding carboxylic acids is 1. The van der Waals surface area contributed by atoms with Crippen LogP contribution in [0.25, 0.3) is 16.5 Å². The predicted octanol–water partition coefficient (Wildman–Crippen LogP) is 4.65. The van der Waals surface area contributed by atoms with Gasteiger partial charge in [-0.25, -0.2) is 17.6 Å². The number of nitrogens with one attached hydrogen (secondary N) is 1. The molecule has 0 fully saturated rings. The zero-order valence-electron chi connectivity index (χ0n) is 14.0. The first kappa shape index (κ1) is 17.3. The first-order chi connectivity index (χ1) is 13.0. The van der Waals surface area contributed by atoms with Gasteiger partial charge in [-0.05, 0) is 42.3 Å². The number of aromatic nitrogens is 1. The fraction of sp³-hybridized carbons (Fsp3) is 0.150. The third-order valence-electron chi connectivity index (χ3n) is 4.75. The van der Waals surface area contributed by atoms with Crippen LogP contribution in [0.3, 0.4) is 0 Å². The lowest BCUT2D eigenvalue weighted by molar-refractivity contribution is 0.0767. The average molecular weight is 374 g/mol. The Morgan fingerprint density at radius 3 is 2.59 bits per heavy atom. The van der Waals surface area contributed by atoms with Crippen molar-refractivity contribution < 1.29 is 22.4 Å². The van der Waals surface area contributed by atoms with E-state index in [2.05, 4.69) is 4.98 Å². The summed E-state index contributed by atoms with van der Waals surface area (Å²) >= 11 is 0. The smallest absolute Gasteiger partial charge is 0.257 e. The van der Waals surface area contributed by atoms with E-state index in [4.69, 9.17) is 0 Å². The molecule has 3 nitrogen and oxygen atoms in total. The highest BCUT2D eigenvalue weighted by Crippen LogP contribution is 2.30. The molecule has 1 N–H and O–H groups in total. The van der Waals surface area contributed by atoms with Crippen LogP contribution in [-0.2, 0) is 0 Å². The Labute approximate surface area is 151 Å². The quantitative estimate of drug-likeness (QED) is 0.514. The molecule has 0 saturated carbocycles. The van der Waals surface area contributed by atoms with E-state index in [-0.39, 0.29) is 12.4 Å². The summed E-state index contributed by atoms with van der Waals surface area (Å²) in [5.41, 5.74) is 2.07. The van der Waals surface area contributed by atoms with Crippen molar-refractivity contribution in [3.8, 4) is 0 Å². The fourth-order valence-electron chi connectivity index (χ4n) is 3.32. The number of H-pyrrole nitrogens is 1. The Morgan fingerprint density at radius 2 is 1.85 bits per heavy atom. The molecule has 0 bridgehead atoms. The number of fused-ring (bicyclic) bond motifs is 1. The maximum absolute atomic E-state index is 13.9. The lowest BCUT2D eigenvalue weighted by atomic mass is 9.98. The van der Waals surface area contributed by atoms with E-state index >= 15 is 0 Å². The van der Waals surface area contributed by atoms with Crippen LogP contribution in [0.2, 0.25) is 0 Å². The molecule has 0 unspecified atom stereocenters. The Kier molecular flexibility index (Phi) is 4.22. The molecule has 0 radical (unpaired) electrons. The van der Waals surface area contributed by atoms with Crippen molar-refractivity contribution in [2.75, 3.05) is 13.1 Å². The van der Waals surface area contributed by atoms with Crippen LogP contribution in [0.15, 0.2) is 42.6 Å². The summed E-state index contributed by atoms with van der Waals surface area (Å²) in [5.74, 6) is -5.49. The van der Waals surface area contributed by atoms with E-state index in [0.717, 1.165) is 28.7 Å². The first-order valence-corrected chi connectivity index (χ1v) is 8.34. The second kappa shape index (κ2) is 6.57. The molecule has 2 heterocycles. The van der Waals surface area contributed by atoms with E-state index in [0.29, 0.717) is 18.5 Å². The lowest BCUT2D eigenvalue weighted by Crippen LogP contribution is -2.35. The Balaban J connectivity index is 1.58. The van der Waals surface area contributed by atoms with Gasteiger partial charge in [-0.1, -0.05) is 6.08 Å². The molecule has 1 aliphatic heterocycles. The van der Waals surface area contributed by atoms with Crippen molar-refractivity contribution >= 4 is 22.4 Å². The summed E-state index contributed by atoms with van der Waals surface area (Å²) in [5, 5.41) is 0.870. The molecule has 7 heteroatoms. The number of halogens is 4. The second-order valence-corrected chi connectivity index (χ2v) is 6.35. The summed E-state index contributed by atoms with van der Waals surface area (Å²) in [6, 6.07) is 6.16. The van der Waals surface area contributed by atoms with Gasteiger partial charge in [0.25, 0.3) is 5.91 Å². The van der Waals surface area contributed by atoms with Crippen molar-refractivity contribution in [2.45, 2.75) is 6.42 Å². The topological polar surface area (TPSA) is 36.1 Å². The molecule has 0 saturated heterocycles. The van der Waals surface area contributed by atoms with Gasteiger partial charge in [0.05, 0.1) is 5.56 Å². The summed E-state index contributed by atoms with van der Waals surface area (Å²) in [7, 11) is 0. The van der Waals surface area contributed by atoms with E-state index in [1.54, 1.807) is 12.3 Å². The van der Waals surface area contributed by atoms with Gasteiger partial charge in [-0.15, -0.1) is 0 Å². The summed E-state index contributed by atoms with van der Waals surface area (Å²) in [6.07, 6.45) is 4.11. The van der Waals surface area contributed by atoms with Crippen LogP contribution in [0, 0.1) is 23.3 Å². The van der Waals surface area contributed by atoms with Crippen LogP contribution in [0.5, 0.6) is 0 Å². The molecule has 0 atom stereocenters. The van der Waals surface area contributed by atoms with Crippen molar-refractivity contribution in [3.05, 3.63) is 77.0 Å².